The van der Waals surface area contributed by atoms with Crippen molar-refractivity contribution in [2.45, 2.75) is 6.92 Å². The number of hydrogen-bond donors (Lipinski definition) is 2. The maximum absolute atomic E-state index is 13.8. The number of anilines is 2. The first-order valence-corrected chi connectivity index (χ1v) is 8.98. The van der Waals surface area contributed by atoms with Gasteiger partial charge < -0.3 is 15.4 Å². The molecule has 0 bridgehead atoms. The van der Waals surface area contributed by atoms with Crippen LogP contribution in [0.3, 0.4) is 0 Å². The SMILES string of the molecule is CC(=O)Nc1cc(NC(=O)c2cccnc2Oc2ccc(Br)cc2)ccc1F. The van der Waals surface area contributed by atoms with Gasteiger partial charge in [-0.2, -0.15) is 0 Å². The average Bonchev–Trinajstić information content (AvgIpc) is 2.66. The van der Waals surface area contributed by atoms with Crippen LogP contribution in [0.5, 0.6) is 11.6 Å². The van der Waals surface area contributed by atoms with Gasteiger partial charge in [0.1, 0.15) is 17.1 Å². The molecule has 2 aromatic carbocycles. The Kier molecular flexibility index (Phi) is 6.00. The minimum Gasteiger partial charge on any atom is -0.438 e. The average molecular weight is 444 g/mol. The Bertz CT molecular complexity index is 1030. The molecule has 0 unspecified atom stereocenters. The van der Waals surface area contributed by atoms with E-state index in [0.29, 0.717) is 11.4 Å². The zero-order valence-corrected chi connectivity index (χ0v) is 16.3. The van der Waals surface area contributed by atoms with Crippen LogP contribution in [0.4, 0.5) is 15.8 Å². The summed E-state index contributed by atoms with van der Waals surface area (Å²) in [7, 11) is 0. The number of rotatable bonds is 5. The minimum absolute atomic E-state index is 0.0252. The molecule has 0 aliphatic carbocycles. The van der Waals surface area contributed by atoms with Crippen molar-refractivity contribution in [1.82, 2.24) is 4.98 Å². The highest BCUT2D eigenvalue weighted by Gasteiger charge is 2.15. The van der Waals surface area contributed by atoms with Crippen LogP contribution in [0, 0.1) is 5.82 Å². The molecule has 2 amide bonds. The van der Waals surface area contributed by atoms with E-state index >= 15 is 0 Å². The van der Waals surface area contributed by atoms with Crippen molar-refractivity contribution in [2.24, 2.45) is 0 Å². The standard InChI is InChI=1S/C20H15BrFN3O3/c1-12(26)24-18-11-14(6-9-17(18)22)25-19(27)16-3-2-10-23-20(16)28-15-7-4-13(21)5-8-15/h2-11H,1H3,(H,24,26)(H,25,27). The Morgan fingerprint density at radius 2 is 1.82 bits per heavy atom. The Hall–Kier alpha value is -3.26. The number of ether oxygens (including phenoxy) is 1. The summed E-state index contributed by atoms with van der Waals surface area (Å²) >= 11 is 3.34. The second kappa shape index (κ2) is 8.62. The van der Waals surface area contributed by atoms with E-state index in [4.69, 9.17) is 4.74 Å². The van der Waals surface area contributed by atoms with Crippen LogP contribution < -0.4 is 15.4 Å². The van der Waals surface area contributed by atoms with Gasteiger partial charge in [-0.25, -0.2) is 9.37 Å². The number of carbonyl (C=O) groups is 2. The summed E-state index contributed by atoms with van der Waals surface area (Å²) in [4.78, 5) is 28.0. The summed E-state index contributed by atoms with van der Waals surface area (Å²) in [6, 6.07) is 14.1. The van der Waals surface area contributed by atoms with Crippen molar-refractivity contribution < 1.29 is 18.7 Å². The molecule has 0 atom stereocenters. The zero-order chi connectivity index (χ0) is 20.1. The van der Waals surface area contributed by atoms with E-state index in [1.165, 1.54) is 25.3 Å². The first-order valence-electron chi connectivity index (χ1n) is 8.19. The molecule has 0 spiro atoms. The molecular weight excluding hydrogens is 429 g/mol. The van der Waals surface area contributed by atoms with E-state index < -0.39 is 17.6 Å². The largest absolute Gasteiger partial charge is 0.438 e. The van der Waals surface area contributed by atoms with Gasteiger partial charge in [-0.3, -0.25) is 9.59 Å². The first kappa shape index (κ1) is 19.5. The molecule has 0 radical (unpaired) electrons. The van der Waals surface area contributed by atoms with Crippen molar-refractivity contribution >= 4 is 39.1 Å². The number of halogens is 2. The fourth-order valence-electron chi connectivity index (χ4n) is 2.35. The monoisotopic (exact) mass is 443 g/mol. The molecule has 142 valence electrons. The van der Waals surface area contributed by atoms with Gasteiger partial charge in [0, 0.05) is 23.3 Å². The molecule has 0 saturated carbocycles. The number of nitrogens with one attached hydrogen (secondary N) is 2. The van der Waals surface area contributed by atoms with Gasteiger partial charge in [0.15, 0.2) is 0 Å². The second-order valence-corrected chi connectivity index (χ2v) is 6.66. The molecule has 0 aliphatic rings. The lowest BCUT2D eigenvalue weighted by atomic mass is 10.2. The maximum Gasteiger partial charge on any atom is 0.261 e. The third kappa shape index (κ3) is 4.92. The highest BCUT2D eigenvalue weighted by atomic mass is 79.9. The summed E-state index contributed by atoms with van der Waals surface area (Å²) in [6.45, 7) is 1.27. The number of pyridine rings is 1. The van der Waals surface area contributed by atoms with E-state index in [2.05, 4.69) is 31.5 Å². The summed E-state index contributed by atoms with van der Waals surface area (Å²) in [5, 5.41) is 5.02. The molecule has 0 saturated heterocycles. The van der Waals surface area contributed by atoms with Gasteiger partial charge in [-0.05, 0) is 54.6 Å². The molecule has 3 rings (SSSR count). The quantitative estimate of drug-likeness (QED) is 0.582. The second-order valence-electron chi connectivity index (χ2n) is 5.74. The summed E-state index contributed by atoms with van der Waals surface area (Å²) in [6.07, 6.45) is 1.51. The third-order valence-electron chi connectivity index (χ3n) is 3.58. The normalized spacial score (nSPS) is 10.2. The van der Waals surface area contributed by atoms with E-state index in [1.807, 2.05) is 0 Å². The molecule has 2 N–H and O–H groups in total. The van der Waals surface area contributed by atoms with Crippen LogP contribution in [-0.2, 0) is 4.79 Å². The lowest BCUT2D eigenvalue weighted by Gasteiger charge is -2.11. The zero-order valence-electron chi connectivity index (χ0n) is 14.7. The molecule has 1 heterocycles. The number of hydrogen-bond acceptors (Lipinski definition) is 4. The van der Waals surface area contributed by atoms with E-state index in [0.717, 1.165) is 10.5 Å². The highest BCUT2D eigenvalue weighted by Crippen LogP contribution is 2.26. The van der Waals surface area contributed by atoms with E-state index in [-0.39, 0.29) is 17.1 Å². The van der Waals surface area contributed by atoms with Gasteiger partial charge in [-0.1, -0.05) is 15.9 Å². The van der Waals surface area contributed by atoms with Gasteiger partial charge >= 0.3 is 0 Å². The Labute approximate surface area is 168 Å². The lowest BCUT2D eigenvalue weighted by molar-refractivity contribution is -0.114. The van der Waals surface area contributed by atoms with Crippen molar-refractivity contribution in [3.8, 4) is 11.6 Å². The van der Waals surface area contributed by atoms with Gasteiger partial charge in [0.25, 0.3) is 5.91 Å². The first-order chi connectivity index (χ1) is 13.4. The maximum atomic E-state index is 13.8. The number of benzene rings is 2. The van der Waals surface area contributed by atoms with Crippen molar-refractivity contribution in [3.05, 3.63) is 76.6 Å². The van der Waals surface area contributed by atoms with E-state index in [1.54, 1.807) is 36.4 Å². The fourth-order valence-corrected chi connectivity index (χ4v) is 2.61. The van der Waals surface area contributed by atoms with Crippen molar-refractivity contribution in [3.63, 3.8) is 0 Å². The van der Waals surface area contributed by atoms with Crippen LogP contribution >= 0.6 is 15.9 Å². The van der Waals surface area contributed by atoms with E-state index in [9.17, 15) is 14.0 Å². The number of aromatic nitrogens is 1. The molecular formula is C20H15BrFN3O3. The van der Waals surface area contributed by atoms with Crippen LogP contribution in [0.2, 0.25) is 0 Å². The smallest absolute Gasteiger partial charge is 0.261 e. The predicted molar refractivity (Wildman–Crippen MR) is 107 cm³/mol. The van der Waals surface area contributed by atoms with Crippen molar-refractivity contribution in [2.75, 3.05) is 10.6 Å². The van der Waals surface area contributed by atoms with Crippen molar-refractivity contribution in [1.29, 1.82) is 0 Å². The minimum atomic E-state index is -0.603. The Morgan fingerprint density at radius 1 is 1.07 bits per heavy atom. The van der Waals surface area contributed by atoms with Crippen LogP contribution in [-0.4, -0.2) is 16.8 Å². The lowest BCUT2D eigenvalue weighted by Crippen LogP contribution is -2.14. The van der Waals surface area contributed by atoms with Gasteiger partial charge in [0.2, 0.25) is 11.8 Å². The fraction of sp³-hybridized carbons (Fsp3) is 0.0500. The van der Waals surface area contributed by atoms with Crippen LogP contribution in [0.25, 0.3) is 0 Å². The Balaban J connectivity index is 1.81. The molecule has 28 heavy (non-hydrogen) atoms. The summed E-state index contributed by atoms with van der Waals surface area (Å²) < 4.78 is 20.4. The summed E-state index contributed by atoms with van der Waals surface area (Å²) in [5.74, 6) is -0.855. The molecule has 6 nitrogen and oxygen atoms in total. The predicted octanol–water partition coefficient (Wildman–Crippen LogP) is 4.99. The van der Waals surface area contributed by atoms with Gasteiger partial charge in [-0.15, -0.1) is 0 Å². The van der Waals surface area contributed by atoms with Crippen LogP contribution in [0.1, 0.15) is 17.3 Å². The molecule has 0 aliphatic heterocycles. The third-order valence-corrected chi connectivity index (χ3v) is 4.11. The number of carbonyl (C=O) groups excluding carboxylic acids is 2. The molecule has 8 heteroatoms. The number of nitrogens with zero attached hydrogens (tertiary/aromatic N) is 1. The topological polar surface area (TPSA) is 80.3 Å². The molecule has 3 aromatic rings. The Morgan fingerprint density at radius 3 is 2.54 bits per heavy atom. The molecule has 0 fully saturated rings. The van der Waals surface area contributed by atoms with Gasteiger partial charge in [0.05, 0.1) is 5.69 Å². The summed E-state index contributed by atoms with van der Waals surface area (Å²) in [5.41, 5.74) is 0.493. The van der Waals surface area contributed by atoms with Crippen LogP contribution in [0.15, 0.2) is 65.3 Å². The molecule has 1 aromatic heterocycles. The number of amides is 2. The highest BCUT2D eigenvalue weighted by molar-refractivity contribution is 9.10.